The first-order valence-electron chi connectivity index (χ1n) is 5.59. The van der Waals surface area contributed by atoms with Crippen molar-refractivity contribution in [3.8, 4) is 0 Å². The lowest BCUT2D eigenvalue weighted by Crippen LogP contribution is -1.93. The van der Waals surface area contributed by atoms with Crippen LogP contribution in [0.3, 0.4) is 0 Å². The summed E-state index contributed by atoms with van der Waals surface area (Å²) in [6, 6.07) is 6.69. The second-order valence-corrected chi connectivity index (χ2v) is 4.40. The Hall–Kier alpha value is -1.11. The smallest absolute Gasteiger partial charge is 0.198 e. The molecule has 0 fully saturated rings. The van der Waals surface area contributed by atoms with Crippen LogP contribution in [0.2, 0.25) is 0 Å². The molecule has 0 aliphatic carbocycles. The number of benzene rings is 1. The van der Waals surface area contributed by atoms with E-state index >= 15 is 0 Å². The average molecular weight is 203 g/mol. The summed E-state index contributed by atoms with van der Waals surface area (Å²) in [7, 11) is 0. The van der Waals surface area contributed by atoms with Crippen molar-refractivity contribution < 1.29 is 4.79 Å². The molecule has 0 unspecified atom stereocenters. The quantitative estimate of drug-likeness (QED) is 0.669. The van der Waals surface area contributed by atoms with E-state index in [-0.39, 0.29) is 0 Å². The highest BCUT2D eigenvalue weighted by Crippen LogP contribution is 2.19. The Bertz CT molecular complexity index is 326. The van der Waals surface area contributed by atoms with Crippen molar-refractivity contribution in [3.63, 3.8) is 0 Å². The van der Waals surface area contributed by atoms with E-state index in [1.54, 1.807) is 0 Å². The molecule has 1 aromatic carbocycles. The predicted molar refractivity (Wildman–Crippen MR) is 63.9 cm³/mol. The van der Waals surface area contributed by atoms with Crippen LogP contribution in [0.4, 0.5) is 0 Å². The lowest BCUT2D eigenvalue weighted by atomic mass is 9.96. The van der Waals surface area contributed by atoms with Crippen molar-refractivity contribution in [2.45, 2.75) is 46.0 Å². The highest BCUT2D eigenvalue weighted by molar-refractivity contribution is 5.50. The first-order valence-corrected chi connectivity index (χ1v) is 5.59. The number of carbonyl (C=O) groups excluding carboxylic acids is 1. The molecule has 0 amide bonds. The fraction of sp³-hybridized carbons (Fsp3) is 0.500. The molecule has 15 heavy (non-hydrogen) atoms. The van der Waals surface area contributed by atoms with Gasteiger partial charge in [0.25, 0.3) is 0 Å². The molecule has 0 atom stereocenters. The van der Waals surface area contributed by atoms with E-state index in [9.17, 15) is 4.79 Å². The summed E-state index contributed by atoms with van der Waals surface area (Å²) in [6.07, 6.45) is 4.38. The van der Waals surface area contributed by atoms with Crippen molar-refractivity contribution in [2.24, 2.45) is 0 Å². The zero-order valence-corrected chi connectivity index (χ0v) is 9.84. The van der Waals surface area contributed by atoms with E-state index in [4.69, 9.17) is 0 Å². The molecule has 1 radical (unpaired) electrons. The molecule has 0 heterocycles. The van der Waals surface area contributed by atoms with Crippen molar-refractivity contribution >= 4 is 6.29 Å². The Morgan fingerprint density at radius 3 is 2.60 bits per heavy atom. The fourth-order valence-corrected chi connectivity index (χ4v) is 1.74. The van der Waals surface area contributed by atoms with Crippen LogP contribution in [0.25, 0.3) is 0 Å². The zero-order valence-electron chi connectivity index (χ0n) is 9.84. The van der Waals surface area contributed by atoms with Gasteiger partial charge in [0, 0.05) is 6.42 Å². The van der Waals surface area contributed by atoms with Crippen LogP contribution in [0.1, 0.15) is 49.3 Å². The SMILES string of the molecule is Cc1cc(CCC[C]=O)cc(C(C)C)c1. The van der Waals surface area contributed by atoms with Gasteiger partial charge in [-0.3, -0.25) is 4.79 Å². The third-order valence-corrected chi connectivity index (χ3v) is 2.57. The topological polar surface area (TPSA) is 17.1 Å². The summed E-state index contributed by atoms with van der Waals surface area (Å²) in [5.41, 5.74) is 4.04. The van der Waals surface area contributed by atoms with Gasteiger partial charge in [-0.1, -0.05) is 37.6 Å². The largest absolute Gasteiger partial charge is 0.291 e. The van der Waals surface area contributed by atoms with Crippen LogP contribution in [-0.4, -0.2) is 6.29 Å². The number of hydrogen-bond donors (Lipinski definition) is 0. The second kappa shape index (κ2) is 5.69. The number of rotatable bonds is 5. The van der Waals surface area contributed by atoms with E-state index in [1.165, 1.54) is 16.7 Å². The molecule has 0 aliphatic heterocycles. The van der Waals surface area contributed by atoms with Gasteiger partial charge < -0.3 is 0 Å². The van der Waals surface area contributed by atoms with Gasteiger partial charge in [-0.15, -0.1) is 0 Å². The molecule has 0 saturated heterocycles. The maximum absolute atomic E-state index is 10.1. The molecule has 0 N–H and O–H groups in total. The van der Waals surface area contributed by atoms with Crippen molar-refractivity contribution in [2.75, 3.05) is 0 Å². The monoisotopic (exact) mass is 203 g/mol. The number of hydrogen-bond acceptors (Lipinski definition) is 1. The summed E-state index contributed by atoms with van der Waals surface area (Å²) in [4.78, 5) is 10.1. The Morgan fingerprint density at radius 1 is 1.27 bits per heavy atom. The van der Waals surface area contributed by atoms with Gasteiger partial charge >= 0.3 is 0 Å². The average Bonchev–Trinajstić information content (AvgIpc) is 2.17. The molecule has 0 bridgehead atoms. The molecule has 1 heteroatoms. The van der Waals surface area contributed by atoms with E-state index < -0.39 is 0 Å². The second-order valence-electron chi connectivity index (χ2n) is 4.40. The predicted octanol–water partition coefficient (Wildman–Crippen LogP) is 3.55. The fourth-order valence-electron chi connectivity index (χ4n) is 1.74. The van der Waals surface area contributed by atoms with Gasteiger partial charge in [-0.2, -0.15) is 0 Å². The maximum Gasteiger partial charge on any atom is 0.198 e. The van der Waals surface area contributed by atoms with Crippen LogP contribution in [0, 0.1) is 6.92 Å². The van der Waals surface area contributed by atoms with E-state index in [1.807, 2.05) is 6.29 Å². The van der Waals surface area contributed by atoms with Crippen LogP contribution < -0.4 is 0 Å². The van der Waals surface area contributed by atoms with Crippen LogP contribution >= 0.6 is 0 Å². The first-order chi connectivity index (χ1) is 7.13. The lowest BCUT2D eigenvalue weighted by Gasteiger charge is -2.09. The molecule has 0 saturated carbocycles. The molecule has 0 spiro atoms. The standard InChI is InChI=1S/C14H19O/c1-11(2)14-9-12(3)8-13(10-14)6-4-5-7-15/h8-11H,4-6H2,1-3H3. The van der Waals surface area contributed by atoms with Gasteiger partial charge in [0.15, 0.2) is 6.29 Å². The summed E-state index contributed by atoms with van der Waals surface area (Å²) >= 11 is 0. The van der Waals surface area contributed by atoms with Crippen molar-refractivity contribution in [1.29, 1.82) is 0 Å². The van der Waals surface area contributed by atoms with E-state index in [0.29, 0.717) is 12.3 Å². The maximum atomic E-state index is 10.1. The van der Waals surface area contributed by atoms with E-state index in [0.717, 1.165) is 12.8 Å². The molecule has 1 aromatic rings. The van der Waals surface area contributed by atoms with Crippen LogP contribution in [0.15, 0.2) is 18.2 Å². The normalized spacial score (nSPS) is 10.7. The third kappa shape index (κ3) is 3.86. The highest BCUT2D eigenvalue weighted by Gasteiger charge is 2.02. The van der Waals surface area contributed by atoms with Gasteiger partial charge in [0.2, 0.25) is 0 Å². The van der Waals surface area contributed by atoms with Gasteiger partial charge in [0.05, 0.1) is 0 Å². The molecular weight excluding hydrogens is 184 g/mol. The number of aryl methyl sites for hydroxylation is 2. The van der Waals surface area contributed by atoms with Crippen molar-refractivity contribution in [3.05, 3.63) is 34.9 Å². The minimum absolute atomic E-state index is 0.547. The lowest BCUT2D eigenvalue weighted by molar-refractivity contribution is 0.548. The molecular formula is C14H19O. The van der Waals surface area contributed by atoms with Gasteiger partial charge in [-0.05, 0) is 36.8 Å². The highest BCUT2D eigenvalue weighted by atomic mass is 16.1. The van der Waals surface area contributed by atoms with Crippen LogP contribution in [-0.2, 0) is 11.2 Å². The third-order valence-electron chi connectivity index (χ3n) is 2.57. The first kappa shape index (κ1) is 12.0. The van der Waals surface area contributed by atoms with Gasteiger partial charge in [-0.25, -0.2) is 0 Å². The Morgan fingerprint density at radius 2 is 2.00 bits per heavy atom. The molecule has 0 aliphatic rings. The number of unbranched alkanes of at least 4 members (excludes halogenated alkanes) is 1. The Balaban J connectivity index is 2.74. The van der Waals surface area contributed by atoms with Crippen molar-refractivity contribution in [1.82, 2.24) is 0 Å². The summed E-state index contributed by atoms with van der Waals surface area (Å²) in [6.45, 7) is 6.54. The van der Waals surface area contributed by atoms with Gasteiger partial charge in [0.1, 0.15) is 0 Å². The van der Waals surface area contributed by atoms with E-state index in [2.05, 4.69) is 39.0 Å². The molecule has 0 aromatic heterocycles. The molecule has 1 rings (SSSR count). The minimum atomic E-state index is 0.547. The Labute approximate surface area is 92.5 Å². The molecule has 81 valence electrons. The minimum Gasteiger partial charge on any atom is -0.291 e. The molecule has 1 nitrogen and oxygen atoms in total. The summed E-state index contributed by atoms with van der Waals surface area (Å²) in [5, 5.41) is 0. The van der Waals surface area contributed by atoms with Crippen LogP contribution in [0.5, 0.6) is 0 Å². The zero-order chi connectivity index (χ0) is 11.3. The Kier molecular flexibility index (Phi) is 4.54. The summed E-state index contributed by atoms with van der Waals surface area (Å²) in [5.74, 6) is 0.571. The summed E-state index contributed by atoms with van der Waals surface area (Å²) < 4.78 is 0.